The minimum atomic E-state index is -0.908. The molecule has 7 heteroatoms. The molecule has 1 atom stereocenters. The first-order valence-corrected chi connectivity index (χ1v) is 10.5. The van der Waals surface area contributed by atoms with Crippen molar-refractivity contribution < 1.29 is 24.2 Å². The van der Waals surface area contributed by atoms with Crippen molar-refractivity contribution in [3.05, 3.63) is 59.7 Å². The molecule has 2 aliphatic rings. The number of hydrogen-bond donors (Lipinski definition) is 2. The van der Waals surface area contributed by atoms with Gasteiger partial charge in [0.25, 0.3) is 0 Å². The highest BCUT2D eigenvalue weighted by atomic mass is 16.5. The highest BCUT2D eigenvalue weighted by Crippen LogP contribution is 2.44. The number of hydrogen-bond acceptors (Lipinski definition) is 4. The van der Waals surface area contributed by atoms with Crippen molar-refractivity contribution >= 4 is 18.0 Å². The Labute approximate surface area is 181 Å². The van der Waals surface area contributed by atoms with Gasteiger partial charge in [-0.25, -0.2) is 4.79 Å². The summed E-state index contributed by atoms with van der Waals surface area (Å²) in [4.78, 5) is 37.7. The number of carboxylic acids is 1. The number of rotatable bonds is 6. The molecule has 1 aliphatic heterocycles. The van der Waals surface area contributed by atoms with E-state index in [1.165, 1.54) is 4.90 Å². The molecule has 2 amide bonds. The highest BCUT2D eigenvalue weighted by Gasteiger charge is 2.40. The average Bonchev–Trinajstić information content (AvgIpc) is 3.02. The number of nitrogens with one attached hydrogen (secondary N) is 1. The second kappa shape index (κ2) is 8.41. The van der Waals surface area contributed by atoms with Gasteiger partial charge in [0.1, 0.15) is 12.6 Å². The number of alkyl carbamates (subject to hydrolysis) is 1. The zero-order valence-corrected chi connectivity index (χ0v) is 17.6. The van der Waals surface area contributed by atoms with Crippen molar-refractivity contribution in [2.75, 3.05) is 19.7 Å². The summed E-state index contributed by atoms with van der Waals surface area (Å²) in [5.41, 5.74) is 4.53. The molecule has 1 saturated heterocycles. The van der Waals surface area contributed by atoms with E-state index in [-0.39, 0.29) is 37.4 Å². The van der Waals surface area contributed by atoms with Crippen molar-refractivity contribution in [3.8, 4) is 11.1 Å². The molecule has 31 heavy (non-hydrogen) atoms. The molecule has 0 aromatic heterocycles. The van der Waals surface area contributed by atoms with Gasteiger partial charge in [0.2, 0.25) is 5.91 Å². The normalized spacial score (nSPS) is 16.3. The number of likely N-dealkylation sites (tertiary alicyclic amines) is 1. The van der Waals surface area contributed by atoms with Gasteiger partial charge in [-0.15, -0.1) is 0 Å². The summed E-state index contributed by atoms with van der Waals surface area (Å²) >= 11 is 0. The fraction of sp³-hybridized carbons (Fsp3) is 0.375. The summed E-state index contributed by atoms with van der Waals surface area (Å²) in [5, 5.41) is 11.7. The SMILES string of the molecule is CC(C)[C@H](NC(=O)OCC1c2ccccc2-c2ccccc21)C(=O)N1CC(C(=O)O)C1. The molecule has 2 N–H and O–H groups in total. The van der Waals surface area contributed by atoms with E-state index in [2.05, 4.69) is 17.4 Å². The molecule has 2 aromatic rings. The zero-order valence-electron chi connectivity index (χ0n) is 17.6. The maximum absolute atomic E-state index is 12.7. The van der Waals surface area contributed by atoms with Gasteiger partial charge in [-0.1, -0.05) is 62.4 Å². The number of ether oxygens (including phenoxy) is 1. The van der Waals surface area contributed by atoms with Gasteiger partial charge in [-0.2, -0.15) is 0 Å². The van der Waals surface area contributed by atoms with Crippen LogP contribution >= 0.6 is 0 Å². The Bertz CT molecular complexity index is 967. The second-order valence-corrected chi connectivity index (χ2v) is 8.47. The summed E-state index contributed by atoms with van der Waals surface area (Å²) in [5.74, 6) is -1.93. The molecular formula is C24H26N2O5. The van der Waals surface area contributed by atoms with E-state index in [4.69, 9.17) is 9.84 Å². The van der Waals surface area contributed by atoms with Gasteiger partial charge in [0.05, 0.1) is 5.92 Å². The lowest BCUT2D eigenvalue weighted by molar-refractivity contribution is -0.154. The third-order valence-corrected chi connectivity index (χ3v) is 6.09. The minimum Gasteiger partial charge on any atom is -0.481 e. The lowest BCUT2D eigenvalue weighted by Gasteiger charge is -2.39. The van der Waals surface area contributed by atoms with E-state index in [0.29, 0.717) is 0 Å². The number of amides is 2. The van der Waals surface area contributed by atoms with Crippen molar-refractivity contribution in [2.45, 2.75) is 25.8 Å². The lowest BCUT2D eigenvalue weighted by Crippen LogP contribution is -2.60. The molecule has 0 radical (unpaired) electrons. The highest BCUT2D eigenvalue weighted by molar-refractivity contribution is 5.88. The van der Waals surface area contributed by atoms with Gasteiger partial charge in [0.15, 0.2) is 0 Å². The molecule has 1 fully saturated rings. The molecule has 0 spiro atoms. The maximum atomic E-state index is 12.7. The summed E-state index contributed by atoms with van der Waals surface area (Å²) in [6.45, 7) is 4.18. The van der Waals surface area contributed by atoms with Crippen LogP contribution in [0.25, 0.3) is 11.1 Å². The van der Waals surface area contributed by atoms with Crippen LogP contribution in [0.1, 0.15) is 30.9 Å². The molecule has 7 nitrogen and oxygen atoms in total. The van der Waals surface area contributed by atoms with E-state index < -0.39 is 24.0 Å². The Morgan fingerprint density at radius 3 is 2.10 bits per heavy atom. The Kier molecular flexibility index (Phi) is 5.67. The third kappa shape index (κ3) is 4.00. The van der Waals surface area contributed by atoms with E-state index in [1.807, 2.05) is 50.2 Å². The van der Waals surface area contributed by atoms with E-state index >= 15 is 0 Å². The first-order valence-electron chi connectivity index (χ1n) is 10.5. The molecule has 1 heterocycles. The Balaban J connectivity index is 1.39. The van der Waals surface area contributed by atoms with Gasteiger partial charge in [-0.3, -0.25) is 9.59 Å². The van der Waals surface area contributed by atoms with Crippen LogP contribution in [0.4, 0.5) is 4.79 Å². The standard InChI is InChI=1S/C24H26N2O5/c1-14(2)21(22(27)26-11-15(12-26)23(28)29)25-24(30)31-13-20-18-9-5-3-7-16(18)17-8-4-6-10-19(17)20/h3-10,14-15,20-21H,11-13H2,1-2H3,(H,25,30)(H,28,29)/t21-/m0/s1. The summed E-state index contributed by atoms with van der Waals surface area (Å²) in [6.07, 6.45) is -0.649. The minimum absolute atomic E-state index is 0.0574. The predicted molar refractivity (Wildman–Crippen MR) is 115 cm³/mol. The van der Waals surface area contributed by atoms with Crippen LogP contribution in [-0.2, 0) is 14.3 Å². The van der Waals surface area contributed by atoms with Crippen LogP contribution in [-0.4, -0.2) is 53.7 Å². The topological polar surface area (TPSA) is 95.9 Å². The molecule has 0 unspecified atom stereocenters. The summed E-state index contributed by atoms with van der Waals surface area (Å²) in [7, 11) is 0. The van der Waals surface area contributed by atoms with Crippen LogP contribution in [0.3, 0.4) is 0 Å². The molecule has 1 aliphatic carbocycles. The largest absolute Gasteiger partial charge is 0.481 e. The van der Waals surface area contributed by atoms with Gasteiger partial charge in [-0.05, 0) is 28.2 Å². The van der Waals surface area contributed by atoms with Crippen molar-refractivity contribution in [3.63, 3.8) is 0 Å². The smallest absolute Gasteiger partial charge is 0.407 e. The van der Waals surface area contributed by atoms with E-state index in [9.17, 15) is 14.4 Å². The predicted octanol–water partition coefficient (Wildman–Crippen LogP) is 3.09. The Morgan fingerprint density at radius 2 is 1.58 bits per heavy atom. The van der Waals surface area contributed by atoms with Crippen molar-refractivity contribution in [1.29, 1.82) is 0 Å². The van der Waals surface area contributed by atoms with Crippen LogP contribution in [0.5, 0.6) is 0 Å². The van der Waals surface area contributed by atoms with Crippen LogP contribution in [0, 0.1) is 11.8 Å². The number of benzene rings is 2. The zero-order chi connectivity index (χ0) is 22.1. The first kappa shape index (κ1) is 20.9. The monoisotopic (exact) mass is 422 g/mol. The molecule has 4 rings (SSSR count). The number of carboxylic acid groups (broad SMARTS) is 1. The Morgan fingerprint density at radius 1 is 1.03 bits per heavy atom. The molecule has 162 valence electrons. The summed E-state index contributed by atoms with van der Waals surface area (Å²) in [6, 6.07) is 15.4. The third-order valence-electron chi connectivity index (χ3n) is 6.09. The number of carbonyl (C=O) groups excluding carboxylic acids is 2. The first-order chi connectivity index (χ1) is 14.9. The number of nitrogens with zero attached hydrogens (tertiary/aromatic N) is 1. The van der Waals surface area contributed by atoms with Gasteiger partial charge >= 0.3 is 12.1 Å². The molecule has 2 aromatic carbocycles. The fourth-order valence-corrected chi connectivity index (χ4v) is 4.29. The average molecular weight is 422 g/mol. The van der Waals surface area contributed by atoms with E-state index in [1.54, 1.807) is 0 Å². The van der Waals surface area contributed by atoms with Crippen LogP contribution in [0.15, 0.2) is 48.5 Å². The van der Waals surface area contributed by atoms with Crippen molar-refractivity contribution in [2.24, 2.45) is 11.8 Å². The number of fused-ring (bicyclic) bond motifs is 3. The maximum Gasteiger partial charge on any atom is 0.407 e. The molecular weight excluding hydrogens is 396 g/mol. The Hall–Kier alpha value is -3.35. The van der Waals surface area contributed by atoms with Crippen molar-refractivity contribution in [1.82, 2.24) is 10.2 Å². The van der Waals surface area contributed by atoms with Crippen LogP contribution in [0.2, 0.25) is 0 Å². The fourth-order valence-electron chi connectivity index (χ4n) is 4.29. The van der Waals surface area contributed by atoms with Crippen LogP contribution < -0.4 is 5.32 Å². The summed E-state index contributed by atoms with van der Waals surface area (Å²) < 4.78 is 5.55. The van der Waals surface area contributed by atoms with E-state index in [0.717, 1.165) is 22.3 Å². The lowest BCUT2D eigenvalue weighted by atomic mass is 9.96. The second-order valence-electron chi connectivity index (χ2n) is 8.47. The molecule has 0 bridgehead atoms. The molecule has 0 saturated carbocycles. The number of carbonyl (C=O) groups is 3. The van der Waals surface area contributed by atoms with Gasteiger partial charge < -0.3 is 20.1 Å². The number of aliphatic carboxylic acids is 1. The quantitative estimate of drug-likeness (QED) is 0.746. The van der Waals surface area contributed by atoms with Gasteiger partial charge in [0, 0.05) is 19.0 Å².